The molecule has 0 atom stereocenters. The maximum atomic E-state index is 12.3. The van der Waals surface area contributed by atoms with Gasteiger partial charge in [-0.05, 0) is 25.5 Å². The monoisotopic (exact) mass is 322 g/mol. The van der Waals surface area contributed by atoms with E-state index in [2.05, 4.69) is 17.2 Å². The lowest BCUT2D eigenvalue weighted by Gasteiger charge is -2.02. The topological polar surface area (TPSA) is 42.0 Å². The van der Waals surface area contributed by atoms with Gasteiger partial charge in [-0.25, -0.2) is 4.98 Å². The Bertz CT molecular complexity index is 807. The minimum absolute atomic E-state index is 0.124. The fourth-order valence-corrected chi connectivity index (χ4v) is 3.26. The summed E-state index contributed by atoms with van der Waals surface area (Å²) < 4.78 is 0. The second kappa shape index (κ2) is 6.75. The summed E-state index contributed by atoms with van der Waals surface area (Å²) in [5, 5.41) is 3.56. The number of hydrogen-bond donors (Lipinski definition) is 1. The molecule has 0 aliphatic carbocycles. The lowest BCUT2D eigenvalue weighted by molar-refractivity contribution is 0.102. The van der Waals surface area contributed by atoms with Crippen LogP contribution in [0.5, 0.6) is 0 Å². The van der Waals surface area contributed by atoms with Gasteiger partial charge in [-0.2, -0.15) is 0 Å². The summed E-state index contributed by atoms with van der Waals surface area (Å²) in [6.07, 6.45) is 0.891. The summed E-state index contributed by atoms with van der Waals surface area (Å²) in [6, 6.07) is 17.6. The number of anilines is 1. The van der Waals surface area contributed by atoms with Crippen LogP contribution in [0, 0.1) is 6.92 Å². The van der Waals surface area contributed by atoms with Crippen LogP contribution in [0.2, 0.25) is 0 Å². The van der Waals surface area contributed by atoms with Gasteiger partial charge in [0.1, 0.15) is 0 Å². The average molecular weight is 322 g/mol. The molecule has 2 aromatic carbocycles. The lowest BCUT2D eigenvalue weighted by Crippen LogP contribution is -2.11. The van der Waals surface area contributed by atoms with Crippen molar-refractivity contribution in [1.82, 2.24) is 4.98 Å². The van der Waals surface area contributed by atoms with E-state index in [9.17, 15) is 4.79 Å². The molecule has 0 radical (unpaired) electrons. The number of nitrogens with zero attached hydrogens (tertiary/aromatic N) is 1. The molecule has 4 heteroatoms. The van der Waals surface area contributed by atoms with Crippen LogP contribution in [-0.2, 0) is 6.42 Å². The highest BCUT2D eigenvalue weighted by atomic mass is 32.1. The number of benzene rings is 2. The van der Waals surface area contributed by atoms with Crippen molar-refractivity contribution >= 4 is 22.4 Å². The van der Waals surface area contributed by atoms with E-state index < -0.39 is 0 Å². The summed E-state index contributed by atoms with van der Waals surface area (Å²) >= 11 is 1.54. The molecule has 3 aromatic rings. The zero-order chi connectivity index (χ0) is 16.2. The second-order valence-electron chi connectivity index (χ2n) is 5.33. The number of aryl methyl sites for hydroxylation is 2. The molecule has 0 aliphatic heterocycles. The van der Waals surface area contributed by atoms with Gasteiger partial charge in [0.05, 0.1) is 5.69 Å². The van der Waals surface area contributed by atoms with Crippen molar-refractivity contribution in [1.29, 1.82) is 0 Å². The Balaban J connectivity index is 1.85. The molecule has 116 valence electrons. The molecule has 1 N–H and O–H groups in total. The van der Waals surface area contributed by atoms with Crippen molar-refractivity contribution < 1.29 is 4.79 Å². The van der Waals surface area contributed by atoms with Gasteiger partial charge in [-0.1, -0.05) is 55.0 Å². The van der Waals surface area contributed by atoms with Crippen LogP contribution in [0.3, 0.4) is 0 Å². The molecule has 0 fully saturated rings. The van der Waals surface area contributed by atoms with Gasteiger partial charge in [0.25, 0.3) is 5.91 Å². The van der Waals surface area contributed by atoms with E-state index in [0.29, 0.717) is 10.7 Å². The van der Waals surface area contributed by atoms with E-state index in [1.54, 1.807) is 0 Å². The zero-order valence-corrected chi connectivity index (χ0v) is 14.0. The predicted molar refractivity (Wildman–Crippen MR) is 96.1 cm³/mol. The first-order chi connectivity index (χ1) is 11.2. The van der Waals surface area contributed by atoms with E-state index in [0.717, 1.165) is 23.2 Å². The Morgan fingerprint density at radius 3 is 2.43 bits per heavy atom. The van der Waals surface area contributed by atoms with Crippen LogP contribution in [0.4, 0.5) is 5.13 Å². The Morgan fingerprint density at radius 1 is 1.09 bits per heavy atom. The van der Waals surface area contributed by atoms with Crippen molar-refractivity contribution in [2.24, 2.45) is 0 Å². The molecule has 0 spiro atoms. The highest BCUT2D eigenvalue weighted by Crippen LogP contribution is 2.31. The molecule has 0 saturated carbocycles. The van der Waals surface area contributed by atoms with E-state index in [1.807, 2.05) is 61.5 Å². The van der Waals surface area contributed by atoms with Crippen LogP contribution in [0.15, 0.2) is 54.6 Å². The number of nitrogens with one attached hydrogen (secondary N) is 1. The first kappa shape index (κ1) is 15.4. The lowest BCUT2D eigenvalue weighted by atomic mass is 10.1. The third-order valence-corrected chi connectivity index (χ3v) is 4.72. The van der Waals surface area contributed by atoms with E-state index in [-0.39, 0.29) is 5.91 Å². The summed E-state index contributed by atoms with van der Waals surface area (Å²) in [6.45, 7) is 4.10. The molecule has 3 nitrogen and oxygen atoms in total. The molecule has 1 heterocycles. The Hall–Kier alpha value is -2.46. The van der Waals surface area contributed by atoms with Gasteiger partial charge in [0.15, 0.2) is 5.13 Å². The molecule has 0 unspecified atom stereocenters. The van der Waals surface area contributed by atoms with Gasteiger partial charge < -0.3 is 0 Å². The molecular weight excluding hydrogens is 304 g/mol. The number of carbonyl (C=O) groups is 1. The van der Waals surface area contributed by atoms with E-state index >= 15 is 0 Å². The van der Waals surface area contributed by atoms with Crippen molar-refractivity contribution in [3.8, 4) is 11.3 Å². The number of rotatable bonds is 4. The largest absolute Gasteiger partial charge is 0.298 e. The van der Waals surface area contributed by atoms with Crippen LogP contribution in [0.1, 0.15) is 27.7 Å². The minimum Gasteiger partial charge on any atom is -0.298 e. The highest BCUT2D eigenvalue weighted by Gasteiger charge is 2.14. The van der Waals surface area contributed by atoms with Crippen LogP contribution >= 0.6 is 11.3 Å². The van der Waals surface area contributed by atoms with Crippen molar-refractivity contribution in [2.75, 3.05) is 5.32 Å². The number of amides is 1. The number of carbonyl (C=O) groups excluding carboxylic acids is 1. The van der Waals surface area contributed by atoms with Gasteiger partial charge >= 0.3 is 0 Å². The van der Waals surface area contributed by atoms with Gasteiger partial charge in [0.2, 0.25) is 0 Å². The highest BCUT2D eigenvalue weighted by molar-refractivity contribution is 7.16. The molecule has 23 heavy (non-hydrogen) atoms. The molecule has 3 rings (SSSR count). The van der Waals surface area contributed by atoms with Crippen LogP contribution in [0.25, 0.3) is 11.3 Å². The predicted octanol–water partition coefficient (Wildman–Crippen LogP) is 4.93. The zero-order valence-electron chi connectivity index (χ0n) is 13.2. The third-order valence-electron chi connectivity index (χ3n) is 3.60. The molecule has 0 saturated heterocycles. The third kappa shape index (κ3) is 3.48. The maximum Gasteiger partial charge on any atom is 0.257 e. The van der Waals surface area contributed by atoms with Crippen molar-refractivity contribution in [2.45, 2.75) is 20.3 Å². The minimum atomic E-state index is -0.124. The first-order valence-electron chi connectivity index (χ1n) is 7.60. The number of thiazole rings is 1. The smallest absolute Gasteiger partial charge is 0.257 e. The quantitative estimate of drug-likeness (QED) is 0.739. The van der Waals surface area contributed by atoms with Gasteiger partial charge in [-0.3, -0.25) is 10.1 Å². The Kier molecular flexibility index (Phi) is 4.53. The summed E-state index contributed by atoms with van der Waals surface area (Å²) in [4.78, 5) is 18.1. The first-order valence-corrected chi connectivity index (χ1v) is 8.42. The molecular formula is C19H18N2OS. The molecule has 0 bridgehead atoms. The normalized spacial score (nSPS) is 10.5. The van der Waals surface area contributed by atoms with Crippen molar-refractivity contribution in [3.05, 3.63) is 70.6 Å². The summed E-state index contributed by atoms with van der Waals surface area (Å²) in [5.74, 6) is -0.124. The number of hydrogen-bond acceptors (Lipinski definition) is 3. The van der Waals surface area contributed by atoms with Crippen LogP contribution < -0.4 is 5.32 Å². The van der Waals surface area contributed by atoms with Crippen molar-refractivity contribution in [3.63, 3.8) is 0 Å². The Morgan fingerprint density at radius 2 is 1.78 bits per heavy atom. The molecule has 1 aromatic heterocycles. The number of aromatic nitrogens is 1. The summed E-state index contributed by atoms with van der Waals surface area (Å²) in [5.41, 5.74) is 3.81. The van der Waals surface area contributed by atoms with E-state index in [1.165, 1.54) is 16.2 Å². The fraction of sp³-hybridized carbons (Fsp3) is 0.158. The average Bonchev–Trinajstić information content (AvgIpc) is 2.99. The fourth-order valence-electron chi connectivity index (χ4n) is 2.34. The van der Waals surface area contributed by atoms with Crippen LogP contribution in [-0.4, -0.2) is 10.9 Å². The summed E-state index contributed by atoms with van der Waals surface area (Å²) in [7, 11) is 0. The SMILES string of the molecule is CCc1sc(NC(=O)c2ccc(C)cc2)nc1-c1ccccc1. The standard InChI is InChI=1S/C19H18N2OS/c1-3-16-17(14-7-5-4-6-8-14)20-19(23-16)21-18(22)15-11-9-13(2)10-12-15/h4-12H,3H2,1-2H3,(H,20,21,22). The van der Waals surface area contributed by atoms with Gasteiger partial charge in [-0.15, -0.1) is 11.3 Å². The second-order valence-corrected chi connectivity index (χ2v) is 6.41. The maximum absolute atomic E-state index is 12.3. The Labute approximate surface area is 140 Å². The molecule has 0 aliphatic rings. The van der Waals surface area contributed by atoms with Gasteiger partial charge in [0, 0.05) is 16.0 Å². The van der Waals surface area contributed by atoms with E-state index in [4.69, 9.17) is 0 Å². The molecule has 1 amide bonds.